The van der Waals surface area contributed by atoms with Crippen molar-refractivity contribution in [3.8, 4) is 11.4 Å². The molecule has 0 atom stereocenters. The SMILES string of the molecule is O=C(Nc1ccccc1OC(F)(F)F)c1ncn(-c2ccc(Cl)cc2)n1. The Morgan fingerprint density at radius 1 is 1.12 bits per heavy atom. The minimum absolute atomic E-state index is 0.155. The third kappa shape index (κ3) is 4.31. The number of amides is 1. The Balaban J connectivity index is 1.78. The molecule has 1 amide bonds. The van der Waals surface area contributed by atoms with Crippen LogP contribution in [0.5, 0.6) is 5.75 Å². The molecule has 26 heavy (non-hydrogen) atoms. The van der Waals surface area contributed by atoms with E-state index in [1.165, 1.54) is 29.2 Å². The number of carbonyl (C=O) groups excluding carboxylic acids is 1. The number of hydrogen-bond acceptors (Lipinski definition) is 4. The number of carbonyl (C=O) groups is 1. The number of alkyl halides is 3. The number of para-hydroxylation sites is 2. The van der Waals surface area contributed by atoms with E-state index in [1.54, 1.807) is 24.3 Å². The maximum absolute atomic E-state index is 12.4. The fourth-order valence-corrected chi connectivity index (χ4v) is 2.17. The lowest BCUT2D eigenvalue weighted by Crippen LogP contribution is -2.20. The minimum atomic E-state index is -4.88. The molecule has 0 saturated heterocycles. The van der Waals surface area contributed by atoms with Gasteiger partial charge in [0.05, 0.1) is 11.4 Å². The third-order valence-corrected chi connectivity index (χ3v) is 3.40. The molecule has 1 heterocycles. The topological polar surface area (TPSA) is 69.0 Å². The van der Waals surface area contributed by atoms with Crippen molar-refractivity contribution in [1.82, 2.24) is 14.8 Å². The summed E-state index contributed by atoms with van der Waals surface area (Å²) in [5.41, 5.74) is 0.458. The second-order valence-corrected chi connectivity index (χ2v) is 5.42. The Morgan fingerprint density at radius 3 is 2.50 bits per heavy atom. The fraction of sp³-hybridized carbons (Fsp3) is 0.0625. The summed E-state index contributed by atoms with van der Waals surface area (Å²) in [6.07, 6.45) is -3.58. The van der Waals surface area contributed by atoms with Gasteiger partial charge in [0.1, 0.15) is 6.33 Å². The van der Waals surface area contributed by atoms with Crippen LogP contribution in [0.4, 0.5) is 18.9 Å². The highest BCUT2D eigenvalue weighted by atomic mass is 35.5. The zero-order valence-corrected chi connectivity index (χ0v) is 13.6. The van der Waals surface area contributed by atoms with Crippen molar-refractivity contribution in [2.75, 3.05) is 5.32 Å². The molecule has 0 spiro atoms. The van der Waals surface area contributed by atoms with E-state index in [2.05, 4.69) is 20.1 Å². The molecule has 0 saturated carbocycles. The number of ether oxygens (including phenoxy) is 1. The summed E-state index contributed by atoms with van der Waals surface area (Å²) in [5, 5.41) is 6.83. The normalized spacial score (nSPS) is 11.2. The van der Waals surface area contributed by atoms with E-state index in [9.17, 15) is 18.0 Å². The van der Waals surface area contributed by atoms with Crippen LogP contribution in [0, 0.1) is 0 Å². The summed E-state index contributed by atoms with van der Waals surface area (Å²) in [5.74, 6) is -1.54. The van der Waals surface area contributed by atoms with Gasteiger partial charge in [-0.2, -0.15) is 0 Å². The average molecular weight is 383 g/mol. The van der Waals surface area contributed by atoms with Crippen molar-refractivity contribution in [1.29, 1.82) is 0 Å². The molecule has 6 nitrogen and oxygen atoms in total. The van der Waals surface area contributed by atoms with E-state index >= 15 is 0 Å². The summed E-state index contributed by atoms with van der Waals surface area (Å²) < 4.78 is 42.5. The molecule has 0 aliphatic rings. The molecular formula is C16H10ClF3N4O2. The van der Waals surface area contributed by atoms with Crippen LogP contribution in [0.2, 0.25) is 5.02 Å². The van der Waals surface area contributed by atoms with E-state index in [4.69, 9.17) is 11.6 Å². The monoisotopic (exact) mass is 382 g/mol. The molecular weight excluding hydrogens is 373 g/mol. The summed E-state index contributed by atoms with van der Waals surface area (Å²) in [4.78, 5) is 16.1. The lowest BCUT2D eigenvalue weighted by molar-refractivity contribution is -0.274. The van der Waals surface area contributed by atoms with Crippen molar-refractivity contribution >= 4 is 23.2 Å². The van der Waals surface area contributed by atoms with Gasteiger partial charge in [-0.3, -0.25) is 4.79 Å². The zero-order valence-electron chi connectivity index (χ0n) is 12.9. The molecule has 0 bridgehead atoms. The molecule has 10 heteroatoms. The standard InChI is InChI=1S/C16H10ClF3N4O2/c17-10-5-7-11(8-6-10)24-9-21-14(23-24)15(25)22-12-3-1-2-4-13(12)26-16(18,19)20/h1-9H,(H,22,25). The Bertz CT molecular complexity index is 926. The van der Waals surface area contributed by atoms with E-state index < -0.39 is 18.0 Å². The lowest BCUT2D eigenvalue weighted by Gasteiger charge is -2.13. The minimum Gasteiger partial charge on any atom is -0.404 e. The molecule has 3 aromatic rings. The second-order valence-electron chi connectivity index (χ2n) is 4.99. The number of halogens is 4. The van der Waals surface area contributed by atoms with Crippen molar-refractivity contribution in [3.63, 3.8) is 0 Å². The van der Waals surface area contributed by atoms with E-state index in [1.807, 2.05) is 0 Å². The molecule has 0 aliphatic carbocycles. The first-order chi connectivity index (χ1) is 12.3. The van der Waals surface area contributed by atoms with Crippen LogP contribution in [-0.2, 0) is 0 Å². The van der Waals surface area contributed by atoms with Gasteiger partial charge in [0, 0.05) is 5.02 Å². The summed E-state index contributed by atoms with van der Waals surface area (Å²) >= 11 is 5.80. The number of nitrogens with zero attached hydrogens (tertiary/aromatic N) is 3. The third-order valence-electron chi connectivity index (χ3n) is 3.15. The van der Waals surface area contributed by atoms with Gasteiger partial charge in [0.15, 0.2) is 5.75 Å². The molecule has 0 fully saturated rings. The summed E-state index contributed by atoms with van der Waals surface area (Å²) in [6, 6.07) is 11.8. The second kappa shape index (κ2) is 7.04. The van der Waals surface area contributed by atoms with Crippen molar-refractivity contribution in [3.05, 3.63) is 65.7 Å². The molecule has 1 N–H and O–H groups in total. The van der Waals surface area contributed by atoms with Crippen LogP contribution in [0.25, 0.3) is 5.69 Å². The first-order valence-electron chi connectivity index (χ1n) is 7.15. The van der Waals surface area contributed by atoms with E-state index in [-0.39, 0.29) is 11.5 Å². The van der Waals surface area contributed by atoms with Gasteiger partial charge in [0.25, 0.3) is 5.91 Å². The van der Waals surface area contributed by atoms with E-state index in [0.717, 1.165) is 6.07 Å². The molecule has 0 radical (unpaired) electrons. The molecule has 134 valence electrons. The Kier molecular flexibility index (Phi) is 4.81. The van der Waals surface area contributed by atoms with Gasteiger partial charge in [-0.05, 0) is 36.4 Å². The number of rotatable bonds is 4. The number of nitrogens with one attached hydrogen (secondary N) is 1. The fourth-order valence-electron chi connectivity index (χ4n) is 2.05. The Hall–Kier alpha value is -3.07. The van der Waals surface area contributed by atoms with Crippen LogP contribution in [0.1, 0.15) is 10.6 Å². The summed E-state index contributed by atoms with van der Waals surface area (Å²) in [6.45, 7) is 0. The predicted molar refractivity (Wildman–Crippen MR) is 87.4 cm³/mol. The average Bonchev–Trinajstić information content (AvgIpc) is 3.06. The maximum atomic E-state index is 12.4. The van der Waals surface area contributed by atoms with Crippen LogP contribution in [0.15, 0.2) is 54.9 Å². The number of hydrogen-bond donors (Lipinski definition) is 1. The smallest absolute Gasteiger partial charge is 0.404 e. The maximum Gasteiger partial charge on any atom is 0.573 e. The van der Waals surface area contributed by atoms with Gasteiger partial charge in [-0.15, -0.1) is 18.3 Å². The highest BCUT2D eigenvalue weighted by Crippen LogP contribution is 2.30. The predicted octanol–water partition coefficient (Wildman–Crippen LogP) is 4.07. The highest BCUT2D eigenvalue weighted by Gasteiger charge is 2.32. The van der Waals surface area contributed by atoms with Gasteiger partial charge in [-0.1, -0.05) is 23.7 Å². The van der Waals surface area contributed by atoms with Gasteiger partial charge < -0.3 is 10.1 Å². The molecule has 0 aliphatic heterocycles. The number of anilines is 1. The quantitative estimate of drug-likeness (QED) is 0.738. The molecule has 3 rings (SSSR count). The molecule has 0 unspecified atom stereocenters. The number of aromatic nitrogens is 3. The Morgan fingerprint density at radius 2 is 1.81 bits per heavy atom. The van der Waals surface area contributed by atoms with Crippen molar-refractivity contribution in [2.45, 2.75) is 6.36 Å². The van der Waals surface area contributed by atoms with Gasteiger partial charge >= 0.3 is 6.36 Å². The van der Waals surface area contributed by atoms with Crippen molar-refractivity contribution in [2.24, 2.45) is 0 Å². The summed E-state index contributed by atoms with van der Waals surface area (Å²) in [7, 11) is 0. The largest absolute Gasteiger partial charge is 0.573 e. The van der Waals surface area contributed by atoms with Crippen LogP contribution < -0.4 is 10.1 Å². The van der Waals surface area contributed by atoms with Gasteiger partial charge in [-0.25, -0.2) is 9.67 Å². The zero-order chi connectivity index (χ0) is 18.7. The highest BCUT2D eigenvalue weighted by molar-refractivity contribution is 6.30. The number of benzene rings is 2. The van der Waals surface area contributed by atoms with Crippen LogP contribution in [0.3, 0.4) is 0 Å². The first-order valence-corrected chi connectivity index (χ1v) is 7.53. The van der Waals surface area contributed by atoms with Gasteiger partial charge in [0.2, 0.25) is 5.82 Å². The molecule has 2 aromatic carbocycles. The lowest BCUT2D eigenvalue weighted by atomic mass is 10.3. The first kappa shape index (κ1) is 17.7. The van der Waals surface area contributed by atoms with Crippen molar-refractivity contribution < 1.29 is 22.7 Å². The van der Waals surface area contributed by atoms with Crippen LogP contribution in [-0.4, -0.2) is 27.0 Å². The Labute approximate surface area is 150 Å². The van der Waals surface area contributed by atoms with E-state index in [0.29, 0.717) is 10.7 Å². The molecule has 1 aromatic heterocycles. The van der Waals surface area contributed by atoms with Crippen LogP contribution >= 0.6 is 11.6 Å².